The lowest BCUT2D eigenvalue weighted by atomic mass is 10.0. The minimum Gasteiger partial charge on any atom is -0.458 e. The van der Waals surface area contributed by atoms with Gasteiger partial charge in [-0.25, -0.2) is 9.59 Å². The van der Waals surface area contributed by atoms with E-state index in [2.05, 4.69) is 31.2 Å². The Balaban J connectivity index is 1.66. The van der Waals surface area contributed by atoms with Gasteiger partial charge in [-0.15, -0.1) is 0 Å². The molecule has 0 radical (unpaired) electrons. The van der Waals surface area contributed by atoms with Gasteiger partial charge in [-0.05, 0) is 62.8 Å². The van der Waals surface area contributed by atoms with Crippen LogP contribution in [0.25, 0.3) is 0 Å². The Morgan fingerprint density at radius 1 is 0.675 bits per heavy atom. The molecule has 0 amide bonds. The Kier molecular flexibility index (Phi) is 17.5. The summed E-state index contributed by atoms with van der Waals surface area (Å²) < 4.78 is 11.0. The van der Waals surface area contributed by atoms with Crippen LogP contribution in [-0.2, 0) is 14.3 Å². The first kappa shape index (κ1) is 32.7. The molecule has 0 aliphatic rings. The van der Waals surface area contributed by atoms with Gasteiger partial charge in [0.2, 0.25) is 0 Å². The van der Waals surface area contributed by atoms with Crippen LogP contribution in [0.2, 0.25) is 0 Å². The summed E-state index contributed by atoms with van der Waals surface area (Å²) in [5.41, 5.74) is 0.801. The second-order valence-electron chi connectivity index (χ2n) is 10.1. The number of ketones is 1. The van der Waals surface area contributed by atoms with Gasteiger partial charge in [-0.2, -0.15) is 0 Å². The largest absolute Gasteiger partial charge is 0.458 e. The van der Waals surface area contributed by atoms with Crippen molar-refractivity contribution >= 4 is 17.7 Å². The predicted octanol–water partition coefficient (Wildman–Crippen LogP) is 8.84. The summed E-state index contributed by atoms with van der Waals surface area (Å²) in [6.45, 7) is 2.06. The van der Waals surface area contributed by atoms with Gasteiger partial charge in [0.05, 0.1) is 11.1 Å². The summed E-state index contributed by atoms with van der Waals surface area (Å²) in [6, 6.07) is 17.2. The van der Waals surface area contributed by atoms with E-state index in [0.29, 0.717) is 17.5 Å². The van der Waals surface area contributed by atoms with Crippen LogP contribution in [0.4, 0.5) is 0 Å². The van der Waals surface area contributed by atoms with Crippen LogP contribution in [0.3, 0.4) is 0 Å². The molecule has 0 heterocycles. The molecule has 0 fully saturated rings. The molecule has 5 heteroatoms. The second-order valence-corrected chi connectivity index (χ2v) is 10.1. The minimum atomic E-state index is -0.828. The molecule has 2 aromatic carbocycles. The molecule has 0 saturated carbocycles. The number of benzene rings is 2. The molecule has 1 atom stereocenters. The fraction of sp³-hybridized carbons (Fsp3) is 0.457. The van der Waals surface area contributed by atoms with E-state index in [0.717, 1.165) is 44.9 Å². The van der Waals surface area contributed by atoms with Crippen LogP contribution in [0.15, 0.2) is 85.0 Å². The Labute approximate surface area is 240 Å². The van der Waals surface area contributed by atoms with Crippen molar-refractivity contribution in [2.24, 2.45) is 0 Å². The number of carbonyl (C=O) groups is 3. The number of rotatable bonds is 21. The Bertz CT molecular complexity index is 1030. The summed E-state index contributed by atoms with van der Waals surface area (Å²) in [6.07, 6.45) is 21.0. The lowest BCUT2D eigenvalue weighted by molar-refractivity contribution is -0.121. The van der Waals surface area contributed by atoms with Crippen LogP contribution >= 0.6 is 0 Å². The number of Topliss-reactive ketones (excluding diaryl/α,β-unsaturated/α-hetero) is 1. The van der Waals surface area contributed by atoms with Gasteiger partial charge < -0.3 is 9.47 Å². The van der Waals surface area contributed by atoms with Gasteiger partial charge >= 0.3 is 11.9 Å². The van der Waals surface area contributed by atoms with E-state index < -0.39 is 18.0 Å². The molecule has 0 aromatic heterocycles. The van der Waals surface area contributed by atoms with Gasteiger partial charge in [0.25, 0.3) is 0 Å². The van der Waals surface area contributed by atoms with Gasteiger partial charge in [0.1, 0.15) is 18.5 Å². The summed E-state index contributed by atoms with van der Waals surface area (Å²) in [5.74, 6) is -1.04. The molecule has 0 bridgehead atoms. The first-order valence-corrected chi connectivity index (χ1v) is 14.9. The van der Waals surface area contributed by atoms with Gasteiger partial charge in [-0.3, -0.25) is 4.79 Å². The van der Waals surface area contributed by atoms with Gasteiger partial charge in [0, 0.05) is 12.8 Å². The minimum absolute atomic E-state index is 0.00676. The molecule has 0 unspecified atom stereocenters. The van der Waals surface area contributed by atoms with Crippen LogP contribution in [-0.4, -0.2) is 30.4 Å². The standard InChI is InChI=1S/C35H46O5/c1-2-3-4-5-6-7-8-9-10-11-12-13-14-15-22-27-32(36)28-33(40-35(38)31-25-20-17-21-26-31)29-39-34(37)30-23-18-16-19-24-30/h6-7,9-10,16-21,23-26,33H,2-5,8,11-15,22,27-29H2,1H3/b7-6-,10-9-/t33-/m1/s1. The summed E-state index contributed by atoms with van der Waals surface area (Å²) >= 11 is 0. The topological polar surface area (TPSA) is 69.7 Å². The monoisotopic (exact) mass is 546 g/mol. The lowest BCUT2D eigenvalue weighted by Crippen LogP contribution is -2.28. The van der Waals surface area contributed by atoms with E-state index in [1.165, 1.54) is 25.7 Å². The number of carbonyl (C=O) groups excluding carboxylic acids is 3. The molecule has 216 valence electrons. The van der Waals surface area contributed by atoms with Crippen molar-refractivity contribution in [1.29, 1.82) is 0 Å². The molecule has 0 aliphatic carbocycles. The second kappa shape index (κ2) is 21.4. The zero-order valence-electron chi connectivity index (χ0n) is 24.1. The summed E-state index contributed by atoms with van der Waals surface area (Å²) in [7, 11) is 0. The number of hydrogen-bond donors (Lipinski definition) is 0. The molecular formula is C35H46O5. The van der Waals surface area contributed by atoms with Gasteiger partial charge in [0.15, 0.2) is 0 Å². The zero-order valence-corrected chi connectivity index (χ0v) is 24.1. The van der Waals surface area contributed by atoms with Crippen molar-refractivity contribution in [3.8, 4) is 0 Å². The average Bonchev–Trinajstić information content (AvgIpc) is 2.98. The lowest BCUT2D eigenvalue weighted by Gasteiger charge is -2.18. The van der Waals surface area contributed by atoms with Crippen molar-refractivity contribution in [2.75, 3.05) is 6.61 Å². The van der Waals surface area contributed by atoms with E-state index in [-0.39, 0.29) is 18.8 Å². The van der Waals surface area contributed by atoms with Crippen LogP contribution in [0.5, 0.6) is 0 Å². The molecule has 2 rings (SSSR count). The normalized spacial score (nSPS) is 12.0. The predicted molar refractivity (Wildman–Crippen MR) is 161 cm³/mol. The third kappa shape index (κ3) is 15.2. The molecule has 0 saturated heterocycles. The van der Waals surface area contributed by atoms with Gasteiger partial charge in [-0.1, -0.05) is 99.7 Å². The number of esters is 2. The number of unbranched alkanes of at least 4 members (excludes halogenated alkanes) is 8. The van der Waals surface area contributed by atoms with E-state index in [1.54, 1.807) is 48.5 Å². The maximum Gasteiger partial charge on any atom is 0.338 e. The third-order valence-corrected chi connectivity index (χ3v) is 6.55. The SMILES string of the molecule is CCCCC/C=C\C/C=C\CCCCCCCC(=O)C[C@H](COC(=O)c1ccccc1)OC(=O)c1ccccc1. The highest BCUT2D eigenvalue weighted by molar-refractivity contribution is 5.90. The van der Waals surface area contributed by atoms with Crippen molar-refractivity contribution in [3.05, 3.63) is 96.1 Å². The van der Waals surface area contributed by atoms with E-state index in [4.69, 9.17) is 9.47 Å². The molecule has 0 spiro atoms. The highest BCUT2D eigenvalue weighted by Crippen LogP contribution is 2.13. The van der Waals surface area contributed by atoms with Crippen molar-refractivity contribution in [3.63, 3.8) is 0 Å². The Morgan fingerprint density at radius 2 is 1.23 bits per heavy atom. The van der Waals surface area contributed by atoms with Crippen molar-refractivity contribution in [2.45, 2.75) is 96.5 Å². The average molecular weight is 547 g/mol. The van der Waals surface area contributed by atoms with E-state index >= 15 is 0 Å². The number of allylic oxidation sites excluding steroid dienone is 4. The first-order chi connectivity index (χ1) is 19.6. The third-order valence-electron chi connectivity index (χ3n) is 6.55. The molecule has 0 aliphatic heterocycles. The summed E-state index contributed by atoms with van der Waals surface area (Å²) in [5, 5.41) is 0. The highest BCUT2D eigenvalue weighted by atomic mass is 16.6. The highest BCUT2D eigenvalue weighted by Gasteiger charge is 2.21. The molecule has 5 nitrogen and oxygen atoms in total. The number of hydrogen-bond acceptors (Lipinski definition) is 5. The Hall–Kier alpha value is -3.47. The molecule has 40 heavy (non-hydrogen) atoms. The Morgan fingerprint density at radius 3 is 1.85 bits per heavy atom. The molecular weight excluding hydrogens is 500 g/mol. The van der Waals surface area contributed by atoms with Crippen molar-refractivity contribution < 1.29 is 23.9 Å². The van der Waals surface area contributed by atoms with Crippen LogP contribution in [0, 0.1) is 0 Å². The number of ether oxygens (including phenoxy) is 2. The maximum absolute atomic E-state index is 12.7. The fourth-order valence-corrected chi connectivity index (χ4v) is 4.24. The zero-order chi connectivity index (χ0) is 28.7. The maximum atomic E-state index is 12.7. The first-order valence-electron chi connectivity index (χ1n) is 14.9. The van der Waals surface area contributed by atoms with Crippen molar-refractivity contribution in [1.82, 2.24) is 0 Å². The van der Waals surface area contributed by atoms with Crippen LogP contribution < -0.4 is 0 Å². The summed E-state index contributed by atoms with van der Waals surface area (Å²) in [4.78, 5) is 37.6. The smallest absolute Gasteiger partial charge is 0.338 e. The van der Waals surface area contributed by atoms with E-state index in [1.807, 2.05) is 12.1 Å². The van der Waals surface area contributed by atoms with Crippen LogP contribution in [0.1, 0.15) is 111 Å². The van der Waals surface area contributed by atoms with E-state index in [9.17, 15) is 14.4 Å². The molecule has 2 aromatic rings. The molecule has 0 N–H and O–H groups in total. The quantitative estimate of drug-likeness (QED) is 0.0888. The fourth-order valence-electron chi connectivity index (χ4n) is 4.24.